The topological polar surface area (TPSA) is 114 Å². The minimum absolute atomic E-state index is 0.00921. The molecular weight excluding hydrogens is 518 g/mol. The van der Waals surface area contributed by atoms with Crippen molar-refractivity contribution in [3.05, 3.63) is 63.1 Å². The van der Waals surface area contributed by atoms with Gasteiger partial charge in [0.2, 0.25) is 0 Å². The predicted molar refractivity (Wildman–Crippen MR) is 113 cm³/mol. The molecule has 3 heterocycles. The number of carbonyl (C=O) groups is 2. The van der Waals surface area contributed by atoms with Crippen molar-refractivity contribution in [3.63, 3.8) is 0 Å². The van der Waals surface area contributed by atoms with E-state index in [-0.39, 0.29) is 37.6 Å². The molecule has 0 spiro atoms. The second kappa shape index (κ2) is 7.98. The number of alkyl halides is 3. The minimum atomic E-state index is -4.79. The number of hydrogen-bond acceptors (Lipinski definition) is 5. The number of H-pyrrole nitrogens is 1. The summed E-state index contributed by atoms with van der Waals surface area (Å²) < 4.78 is 54.2. The number of aromatic nitrogens is 3. The first-order valence-corrected chi connectivity index (χ1v) is 10.3. The third-order valence-electron chi connectivity index (χ3n) is 4.39. The predicted octanol–water partition coefficient (Wildman–Crippen LogP) is 4.96. The Morgan fingerprint density at radius 1 is 1.19 bits per heavy atom. The van der Waals surface area contributed by atoms with E-state index in [1.807, 2.05) is 0 Å². The molecule has 0 saturated carbocycles. The number of pyridine rings is 1. The minimum Gasteiger partial charge on any atom is -0.365 e. The summed E-state index contributed by atoms with van der Waals surface area (Å²) in [6, 6.07) is 5.49. The Balaban J connectivity index is 2.00. The number of halogens is 5. The lowest BCUT2D eigenvalue weighted by molar-refractivity contribution is -0.140. The molecule has 32 heavy (non-hydrogen) atoms. The number of nitrogens with two attached hydrogens (primary N) is 1. The summed E-state index contributed by atoms with van der Waals surface area (Å²) in [7, 11) is 0. The largest absolute Gasteiger partial charge is 0.433 e. The number of fused-ring (bicyclic) bond motifs is 1. The molecule has 0 saturated heterocycles. The molecule has 0 aliphatic rings. The molecule has 4 aromatic rings. The van der Waals surface area contributed by atoms with E-state index >= 15 is 0 Å². The van der Waals surface area contributed by atoms with Crippen LogP contribution in [0.4, 0.5) is 23.2 Å². The van der Waals surface area contributed by atoms with Crippen LogP contribution in [0.1, 0.15) is 25.9 Å². The van der Waals surface area contributed by atoms with E-state index in [4.69, 9.17) is 5.73 Å². The van der Waals surface area contributed by atoms with Crippen LogP contribution < -0.4 is 11.1 Å². The van der Waals surface area contributed by atoms with Gasteiger partial charge in [0, 0.05) is 5.39 Å². The van der Waals surface area contributed by atoms with Crippen molar-refractivity contribution in [3.8, 4) is 11.1 Å². The van der Waals surface area contributed by atoms with Crippen LogP contribution in [-0.2, 0) is 6.18 Å². The third kappa shape index (κ3) is 3.96. The maximum atomic E-state index is 13.5. The molecule has 4 rings (SSSR count). The van der Waals surface area contributed by atoms with Gasteiger partial charge in [-0.25, -0.2) is 9.37 Å². The van der Waals surface area contributed by atoms with Crippen molar-refractivity contribution in [2.75, 3.05) is 5.32 Å². The van der Waals surface area contributed by atoms with E-state index in [1.54, 1.807) is 0 Å². The number of thiophene rings is 1. The van der Waals surface area contributed by atoms with Gasteiger partial charge < -0.3 is 11.1 Å². The van der Waals surface area contributed by atoms with Gasteiger partial charge in [-0.15, -0.1) is 11.3 Å². The standard InChI is InChI=1S/C19H10BrF4N5O2S/c20-10-6-26-29-13(10)17(31)28-14-12-9(7-1-3-8(21)4-2-7)5-11(19(22,23)24)27-18(12)32-15(14)16(25)30/h1-6H,(H2,25,30)(H,26,29)(H,28,31). The Morgan fingerprint density at radius 2 is 1.88 bits per heavy atom. The van der Waals surface area contributed by atoms with E-state index in [0.29, 0.717) is 15.8 Å². The van der Waals surface area contributed by atoms with Crippen molar-refractivity contribution >= 4 is 55.0 Å². The van der Waals surface area contributed by atoms with Gasteiger partial charge in [0.15, 0.2) is 0 Å². The number of aromatic amines is 1. The quantitative estimate of drug-likeness (QED) is 0.325. The fourth-order valence-electron chi connectivity index (χ4n) is 3.00. The zero-order valence-corrected chi connectivity index (χ0v) is 18.0. The second-order valence-electron chi connectivity index (χ2n) is 6.46. The van der Waals surface area contributed by atoms with Gasteiger partial charge in [0.25, 0.3) is 11.8 Å². The molecule has 3 aromatic heterocycles. The highest BCUT2D eigenvalue weighted by Gasteiger charge is 2.35. The molecule has 7 nitrogen and oxygen atoms in total. The van der Waals surface area contributed by atoms with Crippen LogP contribution in [0.2, 0.25) is 0 Å². The van der Waals surface area contributed by atoms with E-state index in [0.717, 1.165) is 18.2 Å². The number of hydrogen-bond donors (Lipinski definition) is 3. The van der Waals surface area contributed by atoms with Crippen LogP contribution in [0.3, 0.4) is 0 Å². The zero-order valence-electron chi connectivity index (χ0n) is 15.6. The molecule has 0 unspecified atom stereocenters. The van der Waals surface area contributed by atoms with Gasteiger partial charge >= 0.3 is 6.18 Å². The molecule has 4 N–H and O–H groups in total. The number of nitrogens with zero attached hydrogens (tertiary/aromatic N) is 2. The number of benzene rings is 1. The van der Waals surface area contributed by atoms with Gasteiger partial charge in [0.05, 0.1) is 16.4 Å². The summed E-state index contributed by atoms with van der Waals surface area (Å²) in [5.41, 5.74) is 4.33. The van der Waals surface area contributed by atoms with Crippen LogP contribution in [0, 0.1) is 5.82 Å². The van der Waals surface area contributed by atoms with Gasteiger partial charge in [-0.3, -0.25) is 14.7 Å². The first kappa shape index (κ1) is 21.9. The average molecular weight is 528 g/mol. The van der Waals surface area contributed by atoms with E-state index in [2.05, 4.69) is 36.4 Å². The van der Waals surface area contributed by atoms with Crippen LogP contribution in [-0.4, -0.2) is 27.0 Å². The fraction of sp³-hybridized carbons (Fsp3) is 0.0526. The number of anilines is 1. The summed E-state index contributed by atoms with van der Waals surface area (Å²) in [5.74, 6) is -2.28. The van der Waals surface area contributed by atoms with E-state index in [9.17, 15) is 27.2 Å². The highest BCUT2D eigenvalue weighted by atomic mass is 79.9. The maximum Gasteiger partial charge on any atom is 0.433 e. The van der Waals surface area contributed by atoms with Crippen LogP contribution in [0.15, 0.2) is 41.0 Å². The lowest BCUT2D eigenvalue weighted by atomic mass is 10.0. The van der Waals surface area contributed by atoms with Crippen molar-refractivity contribution in [2.24, 2.45) is 5.73 Å². The van der Waals surface area contributed by atoms with Gasteiger partial charge in [-0.05, 0) is 45.3 Å². The normalized spacial score (nSPS) is 11.7. The van der Waals surface area contributed by atoms with Crippen LogP contribution >= 0.6 is 27.3 Å². The lowest BCUT2D eigenvalue weighted by Crippen LogP contribution is -2.17. The number of nitrogens with one attached hydrogen (secondary N) is 2. The number of carbonyl (C=O) groups excluding carboxylic acids is 2. The highest BCUT2D eigenvalue weighted by Crippen LogP contribution is 2.43. The third-order valence-corrected chi connectivity index (χ3v) is 6.09. The SMILES string of the molecule is NC(=O)c1sc2nc(C(F)(F)F)cc(-c3ccc(F)cc3)c2c1NC(=O)c1[nH]ncc1Br. The molecule has 0 aliphatic carbocycles. The lowest BCUT2D eigenvalue weighted by Gasteiger charge is -2.12. The highest BCUT2D eigenvalue weighted by molar-refractivity contribution is 9.10. The Morgan fingerprint density at radius 3 is 2.44 bits per heavy atom. The zero-order chi connectivity index (χ0) is 23.2. The first-order valence-electron chi connectivity index (χ1n) is 8.67. The van der Waals surface area contributed by atoms with E-state index in [1.165, 1.54) is 18.3 Å². The molecular formula is C19H10BrF4N5O2S. The Hall–Kier alpha value is -3.32. The van der Waals surface area contributed by atoms with Gasteiger partial charge in [-0.1, -0.05) is 12.1 Å². The summed E-state index contributed by atoms with van der Waals surface area (Å²) in [6.07, 6.45) is -3.46. The fourth-order valence-corrected chi connectivity index (χ4v) is 4.38. The number of rotatable bonds is 4. The first-order chi connectivity index (χ1) is 15.1. The molecule has 2 amide bonds. The smallest absolute Gasteiger partial charge is 0.365 e. The van der Waals surface area contributed by atoms with Crippen LogP contribution in [0.5, 0.6) is 0 Å². The van der Waals surface area contributed by atoms with Crippen molar-refractivity contribution in [2.45, 2.75) is 6.18 Å². The molecule has 0 bridgehead atoms. The molecule has 0 atom stereocenters. The van der Waals surface area contributed by atoms with Gasteiger partial charge in [0.1, 0.15) is 26.9 Å². The van der Waals surface area contributed by atoms with Gasteiger partial charge in [-0.2, -0.15) is 18.3 Å². The summed E-state index contributed by atoms with van der Waals surface area (Å²) in [4.78, 5) is 28.0. The molecule has 0 fully saturated rings. The van der Waals surface area contributed by atoms with Crippen LogP contribution in [0.25, 0.3) is 21.3 Å². The summed E-state index contributed by atoms with van der Waals surface area (Å²) >= 11 is 3.75. The maximum absolute atomic E-state index is 13.5. The molecule has 13 heteroatoms. The Labute approximate surface area is 188 Å². The van der Waals surface area contributed by atoms with Crippen molar-refractivity contribution < 1.29 is 27.2 Å². The van der Waals surface area contributed by atoms with Crippen molar-refractivity contribution in [1.82, 2.24) is 15.2 Å². The average Bonchev–Trinajstić information content (AvgIpc) is 3.31. The summed E-state index contributed by atoms with van der Waals surface area (Å²) in [5, 5.41) is 8.75. The number of amides is 2. The van der Waals surface area contributed by atoms with E-state index < -0.39 is 29.5 Å². The molecule has 0 aliphatic heterocycles. The second-order valence-corrected chi connectivity index (χ2v) is 8.31. The Kier molecular flexibility index (Phi) is 5.46. The monoisotopic (exact) mass is 527 g/mol. The molecule has 1 aromatic carbocycles. The van der Waals surface area contributed by atoms with Crippen molar-refractivity contribution in [1.29, 1.82) is 0 Å². The Bertz CT molecular complexity index is 1360. The summed E-state index contributed by atoms with van der Waals surface area (Å²) in [6.45, 7) is 0. The molecule has 0 radical (unpaired) electrons. The molecule has 164 valence electrons. The number of primary amides is 1.